The molecule has 1 spiro atoms. The molecule has 0 aromatic rings. The summed E-state index contributed by atoms with van der Waals surface area (Å²) in [6.45, 7) is 11.4. The first-order chi connectivity index (χ1) is 10.2. The molecular formula is C18H34N2O2. The summed E-state index contributed by atoms with van der Waals surface area (Å²) in [4.78, 5) is 11.9. The molecule has 2 rings (SSSR count). The van der Waals surface area contributed by atoms with Crippen LogP contribution in [0, 0.1) is 11.3 Å². The van der Waals surface area contributed by atoms with Crippen LogP contribution >= 0.6 is 0 Å². The SMILES string of the molecule is CC(C)CCNC1CCC2(CC1)CC2NC(=O)OC(C)(C)C. The van der Waals surface area contributed by atoms with Crippen molar-refractivity contribution in [3.8, 4) is 0 Å². The Balaban J connectivity index is 1.66. The molecule has 1 unspecified atom stereocenters. The maximum Gasteiger partial charge on any atom is 0.407 e. The Morgan fingerprint density at radius 3 is 2.45 bits per heavy atom. The van der Waals surface area contributed by atoms with Crippen molar-refractivity contribution in [3.63, 3.8) is 0 Å². The van der Waals surface area contributed by atoms with Crippen LogP contribution in [0.3, 0.4) is 0 Å². The quantitative estimate of drug-likeness (QED) is 0.811. The second-order valence-electron chi connectivity index (χ2n) is 8.68. The summed E-state index contributed by atoms with van der Waals surface area (Å²) in [7, 11) is 0. The Labute approximate surface area is 135 Å². The monoisotopic (exact) mass is 310 g/mol. The van der Waals surface area contributed by atoms with Gasteiger partial charge >= 0.3 is 6.09 Å². The topological polar surface area (TPSA) is 50.4 Å². The van der Waals surface area contributed by atoms with Crippen LogP contribution in [0.2, 0.25) is 0 Å². The van der Waals surface area contributed by atoms with Crippen molar-refractivity contribution in [2.24, 2.45) is 11.3 Å². The molecule has 1 amide bonds. The van der Waals surface area contributed by atoms with E-state index in [1.165, 1.54) is 32.1 Å². The summed E-state index contributed by atoms with van der Waals surface area (Å²) in [5.41, 5.74) is -0.0444. The van der Waals surface area contributed by atoms with Gasteiger partial charge < -0.3 is 15.4 Å². The highest BCUT2D eigenvalue weighted by atomic mass is 16.6. The van der Waals surface area contributed by atoms with E-state index in [1.807, 2.05) is 20.8 Å². The van der Waals surface area contributed by atoms with Crippen LogP contribution in [-0.4, -0.2) is 30.3 Å². The van der Waals surface area contributed by atoms with Gasteiger partial charge in [0.2, 0.25) is 0 Å². The second kappa shape index (κ2) is 6.77. The second-order valence-corrected chi connectivity index (χ2v) is 8.68. The van der Waals surface area contributed by atoms with E-state index in [-0.39, 0.29) is 6.09 Å². The molecule has 1 atom stereocenters. The molecule has 4 heteroatoms. The van der Waals surface area contributed by atoms with Gasteiger partial charge in [-0.3, -0.25) is 0 Å². The van der Waals surface area contributed by atoms with E-state index in [9.17, 15) is 4.79 Å². The number of rotatable bonds is 5. The number of carbonyl (C=O) groups is 1. The number of nitrogens with one attached hydrogen (secondary N) is 2. The minimum Gasteiger partial charge on any atom is -0.444 e. The molecule has 22 heavy (non-hydrogen) atoms. The van der Waals surface area contributed by atoms with Crippen LogP contribution in [0.15, 0.2) is 0 Å². The molecule has 0 aromatic heterocycles. The summed E-state index contributed by atoms with van der Waals surface area (Å²) in [5, 5.41) is 6.76. The lowest BCUT2D eigenvalue weighted by atomic mass is 9.82. The normalized spacial score (nSPS) is 31.4. The molecule has 2 aliphatic carbocycles. The average Bonchev–Trinajstić information content (AvgIpc) is 3.01. The van der Waals surface area contributed by atoms with Crippen LogP contribution in [0.5, 0.6) is 0 Å². The number of carbonyl (C=O) groups excluding carboxylic acids is 1. The maximum atomic E-state index is 11.9. The Hall–Kier alpha value is -0.770. The van der Waals surface area contributed by atoms with Crippen molar-refractivity contribution in [3.05, 3.63) is 0 Å². The summed E-state index contributed by atoms with van der Waals surface area (Å²) in [5.74, 6) is 0.772. The Morgan fingerprint density at radius 2 is 1.91 bits per heavy atom. The van der Waals surface area contributed by atoms with Crippen molar-refractivity contribution in [1.82, 2.24) is 10.6 Å². The summed E-state index contributed by atoms with van der Waals surface area (Å²) >= 11 is 0. The number of alkyl carbamates (subject to hydrolysis) is 1. The van der Waals surface area contributed by atoms with Gasteiger partial charge in [-0.15, -0.1) is 0 Å². The van der Waals surface area contributed by atoms with Gasteiger partial charge in [0.1, 0.15) is 5.60 Å². The molecule has 0 bridgehead atoms. The number of hydrogen-bond acceptors (Lipinski definition) is 3. The lowest BCUT2D eigenvalue weighted by Crippen LogP contribution is -2.39. The van der Waals surface area contributed by atoms with E-state index in [0.717, 1.165) is 18.9 Å². The van der Waals surface area contributed by atoms with E-state index in [0.29, 0.717) is 17.5 Å². The smallest absolute Gasteiger partial charge is 0.407 e. The van der Waals surface area contributed by atoms with Gasteiger partial charge in [0.15, 0.2) is 0 Å². The van der Waals surface area contributed by atoms with E-state index in [1.54, 1.807) is 0 Å². The minimum absolute atomic E-state index is 0.258. The zero-order valence-corrected chi connectivity index (χ0v) is 15.0. The van der Waals surface area contributed by atoms with Crippen LogP contribution in [0.25, 0.3) is 0 Å². The van der Waals surface area contributed by atoms with Gasteiger partial charge in [-0.1, -0.05) is 13.8 Å². The third kappa shape index (κ3) is 5.15. The van der Waals surface area contributed by atoms with Crippen molar-refractivity contribution in [1.29, 1.82) is 0 Å². The van der Waals surface area contributed by atoms with E-state index in [4.69, 9.17) is 4.74 Å². The highest BCUT2D eigenvalue weighted by molar-refractivity contribution is 5.68. The highest BCUT2D eigenvalue weighted by Crippen LogP contribution is 2.56. The maximum absolute atomic E-state index is 11.9. The average molecular weight is 310 g/mol. The van der Waals surface area contributed by atoms with Crippen LogP contribution < -0.4 is 10.6 Å². The van der Waals surface area contributed by atoms with Gasteiger partial charge in [-0.05, 0) is 77.2 Å². The van der Waals surface area contributed by atoms with Crippen LogP contribution in [-0.2, 0) is 4.74 Å². The Bertz CT molecular complexity index is 379. The fraction of sp³-hybridized carbons (Fsp3) is 0.944. The molecular weight excluding hydrogens is 276 g/mol. The summed E-state index contributed by atoms with van der Waals surface area (Å²) < 4.78 is 5.36. The molecule has 2 N–H and O–H groups in total. The fourth-order valence-electron chi connectivity index (χ4n) is 3.53. The zero-order chi connectivity index (χ0) is 16.4. The van der Waals surface area contributed by atoms with Gasteiger partial charge in [0.25, 0.3) is 0 Å². The molecule has 2 aliphatic rings. The first-order valence-corrected chi connectivity index (χ1v) is 8.93. The standard InChI is InChI=1S/C18H34N2O2/c1-13(2)8-11-19-14-6-9-18(10-7-14)12-15(18)20-16(21)22-17(3,4)5/h13-15,19H,6-12H2,1-5H3,(H,20,21). The molecule has 0 aliphatic heterocycles. The molecule has 0 aromatic carbocycles. The molecule has 4 nitrogen and oxygen atoms in total. The Kier molecular flexibility index (Phi) is 5.41. The lowest BCUT2D eigenvalue weighted by molar-refractivity contribution is 0.0512. The predicted molar refractivity (Wildman–Crippen MR) is 89.9 cm³/mol. The molecule has 2 fully saturated rings. The van der Waals surface area contributed by atoms with Gasteiger partial charge in [0.05, 0.1) is 0 Å². The summed E-state index contributed by atoms with van der Waals surface area (Å²) in [6, 6.07) is 1.01. The molecule has 0 heterocycles. The largest absolute Gasteiger partial charge is 0.444 e. The van der Waals surface area contributed by atoms with Crippen molar-refractivity contribution in [2.45, 2.75) is 90.8 Å². The van der Waals surface area contributed by atoms with Crippen molar-refractivity contribution >= 4 is 6.09 Å². The van der Waals surface area contributed by atoms with Crippen LogP contribution in [0.4, 0.5) is 4.79 Å². The molecule has 2 saturated carbocycles. The van der Waals surface area contributed by atoms with Gasteiger partial charge in [-0.2, -0.15) is 0 Å². The molecule has 128 valence electrons. The van der Waals surface area contributed by atoms with E-state index >= 15 is 0 Å². The number of ether oxygens (including phenoxy) is 1. The lowest BCUT2D eigenvalue weighted by Gasteiger charge is -2.30. The molecule has 0 radical (unpaired) electrons. The number of amides is 1. The predicted octanol–water partition coefficient (Wildman–Crippen LogP) is 3.85. The van der Waals surface area contributed by atoms with E-state index in [2.05, 4.69) is 24.5 Å². The molecule has 0 saturated heterocycles. The van der Waals surface area contributed by atoms with Gasteiger partial charge in [-0.25, -0.2) is 4.79 Å². The third-order valence-corrected chi connectivity index (χ3v) is 5.02. The van der Waals surface area contributed by atoms with Crippen molar-refractivity contribution < 1.29 is 9.53 Å². The minimum atomic E-state index is -0.413. The zero-order valence-electron chi connectivity index (χ0n) is 15.0. The first-order valence-electron chi connectivity index (χ1n) is 8.93. The van der Waals surface area contributed by atoms with Crippen molar-refractivity contribution in [2.75, 3.05) is 6.54 Å². The number of hydrogen-bond donors (Lipinski definition) is 2. The van der Waals surface area contributed by atoms with Crippen LogP contribution in [0.1, 0.15) is 73.1 Å². The Morgan fingerprint density at radius 1 is 1.27 bits per heavy atom. The van der Waals surface area contributed by atoms with E-state index < -0.39 is 5.60 Å². The summed E-state index contributed by atoms with van der Waals surface area (Å²) in [6.07, 6.45) is 7.07. The van der Waals surface area contributed by atoms with Gasteiger partial charge in [0, 0.05) is 12.1 Å². The third-order valence-electron chi connectivity index (χ3n) is 5.02. The fourth-order valence-corrected chi connectivity index (χ4v) is 3.53. The highest BCUT2D eigenvalue weighted by Gasteiger charge is 2.55. The first kappa shape index (κ1) is 17.6.